The van der Waals surface area contributed by atoms with Crippen molar-refractivity contribution >= 4 is 35.0 Å². The van der Waals surface area contributed by atoms with Gasteiger partial charge in [0.25, 0.3) is 0 Å². The first-order valence-corrected chi connectivity index (χ1v) is 7.73. The average molecular weight is 351 g/mol. The SMILES string of the molecule is Cc1cc(NC(=O)C(C)N(C)CC(=O)Nc2cccc(Cl)c2)on1. The minimum atomic E-state index is -0.527. The Morgan fingerprint density at radius 1 is 1.33 bits per heavy atom. The second-order valence-corrected chi connectivity index (χ2v) is 5.91. The lowest BCUT2D eigenvalue weighted by atomic mass is 10.2. The molecule has 0 aliphatic heterocycles. The van der Waals surface area contributed by atoms with Gasteiger partial charge < -0.3 is 9.84 Å². The van der Waals surface area contributed by atoms with Crippen LogP contribution >= 0.6 is 11.6 Å². The molecule has 1 atom stereocenters. The van der Waals surface area contributed by atoms with Crippen LogP contribution in [0.5, 0.6) is 0 Å². The van der Waals surface area contributed by atoms with Crippen molar-refractivity contribution < 1.29 is 14.1 Å². The molecular weight excluding hydrogens is 332 g/mol. The first kappa shape index (κ1) is 18.0. The molecule has 0 radical (unpaired) electrons. The number of halogens is 1. The van der Waals surface area contributed by atoms with Crippen molar-refractivity contribution in [1.82, 2.24) is 10.1 Å². The van der Waals surface area contributed by atoms with E-state index in [2.05, 4.69) is 15.8 Å². The van der Waals surface area contributed by atoms with Crippen LogP contribution in [0.3, 0.4) is 0 Å². The highest BCUT2D eigenvalue weighted by molar-refractivity contribution is 6.30. The number of hydrogen-bond acceptors (Lipinski definition) is 5. The Hall–Kier alpha value is -2.38. The highest BCUT2D eigenvalue weighted by atomic mass is 35.5. The van der Waals surface area contributed by atoms with Gasteiger partial charge in [0.05, 0.1) is 18.3 Å². The summed E-state index contributed by atoms with van der Waals surface area (Å²) in [6, 6.07) is 7.96. The number of carbonyl (C=O) groups excluding carboxylic acids is 2. The molecule has 0 bridgehead atoms. The molecule has 7 nitrogen and oxygen atoms in total. The quantitative estimate of drug-likeness (QED) is 0.835. The first-order chi connectivity index (χ1) is 11.3. The van der Waals surface area contributed by atoms with Crippen molar-refractivity contribution in [2.24, 2.45) is 0 Å². The zero-order valence-electron chi connectivity index (χ0n) is 13.7. The van der Waals surface area contributed by atoms with E-state index in [-0.39, 0.29) is 24.2 Å². The van der Waals surface area contributed by atoms with Gasteiger partial charge in [0.2, 0.25) is 17.7 Å². The smallest absolute Gasteiger partial charge is 0.243 e. The van der Waals surface area contributed by atoms with E-state index >= 15 is 0 Å². The summed E-state index contributed by atoms with van der Waals surface area (Å²) < 4.78 is 4.94. The summed E-state index contributed by atoms with van der Waals surface area (Å²) in [5, 5.41) is 9.59. The fraction of sp³-hybridized carbons (Fsp3) is 0.312. The zero-order chi connectivity index (χ0) is 17.7. The maximum absolute atomic E-state index is 12.2. The van der Waals surface area contributed by atoms with Gasteiger partial charge in [-0.15, -0.1) is 0 Å². The van der Waals surface area contributed by atoms with Crippen molar-refractivity contribution in [2.75, 3.05) is 24.2 Å². The number of amides is 2. The molecule has 0 saturated heterocycles. The number of hydrogen-bond donors (Lipinski definition) is 2. The van der Waals surface area contributed by atoms with E-state index < -0.39 is 6.04 Å². The maximum Gasteiger partial charge on any atom is 0.243 e. The Kier molecular flexibility index (Phi) is 5.94. The molecule has 2 N–H and O–H groups in total. The lowest BCUT2D eigenvalue weighted by molar-refractivity contribution is -0.122. The van der Waals surface area contributed by atoms with E-state index in [0.29, 0.717) is 16.4 Å². The molecule has 2 aromatic rings. The topological polar surface area (TPSA) is 87.5 Å². The lowest BCUT2D eigenvalue weighted by Gasteiger charge is -2.22. The predicted octanol–water partition coefficient (Wildman–Crippen LogP) is 2.53. The third-order valence-electron chi connectivity index (χ3n) is 3.42. The van der Waals surface area contributed by atoms with Crippen LogP contribution < -0.4 is 10.6 Å². The second-order valence-electron chi connectivity index (χ2n) is 5.47. The summed E-state index contributed by atoms with van der Waals surface area (Å²) in [6.45, 7) is 3.51. The number of anilines is 2. The second kappa shape index (κ2) is 7.94. The van der Waals surface area contributed by atoms with Gasteiger partial charge in [-0.25, -0.2) is 0 Å². The molecule has 2 amide bonds. The standard InChI is InChI=1S/C16H19ClN4O3/c1-10-7-15(24-20-10)19-16(23)11(2)21(3)9-14(22)18-13-6-4-5-12(17)8-13/h4-8,11H,9H2,1-3H3,(H,18,22)(H,19,23). The number of nitrogens with zero attached hydrogens (tertiary/aromatic N) is 2. The van der Waals surface area contributed by atoms with Crippen molar-refractivity contribution in [3.8, 4) is 0 Å². The van der Waals surface area contributed by atoms with Crippen LogP contribution in [0.15, 0.2) is 34.9 Å². The Morgan fingerprint density at radius 2 is 2.08 bits per heavy atom. The molecular formula is C16H19ClN4O3. The van der Waals surface area contributed by atoms with Gasteiger partial charge in [-0.05, 0) is 39.1 Å². The van der Waals surface area contributed by atoms with E-state index in [1.54, 1.807) is 56.1 Å². The highest BCUT2D eigenvalue weighted by Gasteiger charge is 2.21. The normalized spacial score (nSPS) is 12.0. The number of aryl methyl sites for hydroxylation is 1. The number of benzene rings is 1. The average Bonchev–Trinajstić information content (AvgIpc) is 2.91. The minimum absolute atomic E-state index is 0.0521. The van der Waals surface area contributed by atoms with E-state index in [0.717, 1.165) is 0 Å². The highest BCUT2D eigenvalue weighted by Crippen LogP contribution is 2.15. The van der Waals surface area contributed by atoms with Crippen LogP contribution in [0.2, 0.25) is 5.02 Å². The Labute approximate surface area is 144 Å². The van der Waals surface area contributed by atoms with E-state index in [9.17, 15) is 9.59 Å². The molecule has 24 heavy (non-hydrogen) atoms. The number of carbonyl (C=O) groups is 2. The molecule has 1 unspecified atom stereocenters. The molecule has 1 aromatic heterocycles. The number of rotatable bonds is 6. The van der Waals surface area contributed by atoms with Crippen LogP contribution in [0.25, 0.3) is 0 Å². The van der Waals surface area contributed by atoms with Crippen molar-refractivity contribution in [3.05, 3.63) is 41.0 Å². The first-order valence-electron chi connectivity index (χ1n) is 7.35. The molecule has 0 fully saturated rings. The molecule has 8 heteroatoms. The minimum Gasteiger partial charge on any atom is -0.338 e. The van der Waals surface area contributed by atoms with Crippen LogP contribution in [-0.4, -0.2) is 41.5 Å². The van der Waals surface area contributed by atoms with E-state index in [4.69, 9.17) is 16.1 Å². The van der Waals surface area contributed by atoms with Gasteiger partial charge in [0.1, 0.15) is 0 Å². The van der Waals surface area contributed by atoms with Gasteiger partial charge in [0.15, 0.2) is 0 Å². The van der Waals surface area contributed by atoms with Gasteiger partial charge in [-0.1, -0.05) is 22.8 Å². The summed E-state index contributed by atoms with van der Waals surface area (Å²) in [5.41, 5.74) is 1.28. The molecule has 1 aromatic carbocycles. The Morgan fingerprint density at radius 3 is 2.71 bits per heavy atom. The van der Waals surface area contributed by atoms with Crippen LogP contribution in [0.1, 0.15) is 12.6 Å². The Balaban J connectivity index is 1.87. The summed E-state index contributed by atoms with van der Waals surface area (Å²) in [6.07, 6.45) is 0. The fourth-order valence-electron chi connectivity index (χ4n) is 1.98. The van der Waals surface area contributed by atoms with Crippen molar-refractivity contribution in [1.29, 1.82) is 0 Å². The maximum atomic E-state index is 12.2. The van der Waals surface area contributed by atoms with Crippen LogP contribution in [0.4, 0.5) is 11.6 Å². The van der Waals surface area contributed by atoms with Gasteiger partial charge >= 0.3 is 0 Å². The fourth-order valence-corrected chi connectivity index (χ4v) is 2.17. The molecule has 128 valence electrons. The van der Waals surface area contributed by atoms with Crippen LogP contribution in [-0.2, 0) is 9.59 Å². The van der Waals surface area contributed by atoms with Gasteiger partial charge in [-0.2, -0.15) is 0 Å². The monoisotopic (exact) mass is 350 g/mol. The molecule has 0 spiro atoms. The largest absolute Gasteiger partial charge is 0.338 e. The number of likely N-dealkylation sites (N-methyl/N-ethyl adjacent to an activating group) is 1. The summed E-state index contributed by atoms with van der Waals surface area (Å²) in [7, 11) is 1.69. The predicted molar refractivity (Wildman–Crippen MR) is 92.0 cm³/mol. The van der Waals surface area contributed by atoms with E-state index in [1.165, 1.54) is 0 Å². The lowest BCUT2D eigenvalue weighted by Crippen LogP contribution is -2.43. The molecule has 2 rings (SSSR count). The third kappa shape index (κ3) is 5.07. The molecule has 0 saturated carbocycles. The molecule has 0 aliphatic rings. The molecule has 0 aliphatic carbocycles. The summed E-state index contributed by atoms with van der Waals surface area (Å²) in [4.78, 5) is 25.8. The number of nitrogens with one attached hydrogen (secondary N) is 2. The van der Waals surface area contributed by atoms with Gasteiger partial charge in [0, 0.05) is 16.8 Å². The van der Waals surface area contributed by atoms with Crippen LogP contribution in [0, 0.1) is 6.92 Å². The van der Waals surface area contributed by atoms with Crippen molar-refractivity contribution in [2.45, 2.75) is 19.9 Å². The molecule has 1 heterocycles. The van der Waals surface area contributed by atoms with Crippen molar-refractivity contribution in [3.63, 3.8) is 0 Å². The summed E-state index contributed by atoms with van der Waals surface area (Å²) in [5.74, 6) is -0.250. The zero-order valence-corrected chi connectivity index (χ0v) is 14.4. The van der Waals surface area contributed by atoms with Gasteiger partial charge in [-0.3, -0.25) is 19.8 Å². The third-order valence-corrected chi connectivity index (χ3v) is 3.65. The van der Waals surface area contributed by atoms with E-state index in [1.807, 2.05) is 0 Å². The summed E-state index contributed by atoms with van der Waals surface area (Å²) >= 11 is 5.88. The number of aromatic nitrogens is 1. The Bertz CT molecular complexity index is 732.